The number of hydrogen-bond donors (Lipinski definition) is 1. The van der Waals surface area contributed by atoms with Crippen LogP contribution in [0.15, 0.2) is 34.9 Å². The molecule has 0 aliphatic rings. The van der Waals surface area contributed by atoms with Gasteiger partial charge in [-0.05, 0) is 43.5 Å². The SMILES string of the molecule is CCOC(=O)c1c(Cc2cccc(Br)c2)c[nH]c1C. The molecule has 0 spiro atoms. The van der Waals surface area contributed by atoms with E-state index in [0.717, 1.165) is 21.3 Å². The molecule has 0 saturated carbocycles. The number of ether oxygens (including phenoxy) is 1. The van der Waals surface area contributed by atoms with Crippen LogP contribution in [0.3, 0.4) is 0 Å². The van der Waals surface area contributed by atoms with E-state index >= 15 is 0 Å². The molecular weight excluding hydrogens is 306 g/mol. The number of benzene rings is 1. The van der Waals surface area contributed by atoms with E-state index in [0.29, 0.717) is 18.6 Å². The van der Waals surface area contributed by atoms with E-state index in [4.69, 9.17) is 4.74 Å². The zero-order valence-electron chi connectivity index (χ0n) is 11.0. The first-order chi connectivity index (χ1) is 9.11. The molecule has 0 fully saturated rings. The summed E-state index contributed by atoms with van der Waals surface area (Å²) in [6, 6.07) is 8.07. The summed E-state index contributed by atoms with van der Waals surface area (Å²) in [7, 11) is 0. The minimum absolute atomic E-state index is 0.258. The highest BCUT2D eigenvalue weighted by Gasteiger charge is 2.17. The molecule has 19 heavy (non-hydrogen) atoms. The van der Waals surface area contributed by atoms with Gasteiger partial charge in [0, 0.05) is 16.4 Å². The predicted octanol–water partition coefficient (Wildman–Crippen LogP) is 3.85. The number of aryl methyl sites for hydroxylation is 1. The average molecular weight is 322 g/mol. The number of carbonyl (C=O) groups excluding carboxylic acids is 1. The van der Waals surface area contributed by atoms with Crippen LogP contribution >= 0.6 is 15.9 Å². The van der Waals surface area contributed by atoms with Crippen molar-refractivity contribution in [2.45, 2.75) is 20.3 Å². The van der Waals surface area contributed by atoms with Crippen molar-refractivity contribution in [3.63, 3.8) is 0 Å². The maximum atomic E-state index is 12.0. The van der Waals surface area contributed by atoms with Crippen molar-refractivity contribution in [1.82, 2.24) is 4.98 Å². The van der Waals surface area contributed by atoms with Crippen LogP contribution in [0, 0.1) is 6.92 Å². The van der Waals surface area contributed by atoms with Gasteiger partial charge in [-0.2, -0.15) is 0 Å². The summed E-state index contributed by atoms with van der Waals surface area (Å²) in [6.45, 7) is 4.09. The number of aromatic nitrogens is 1. The summed E-state index contributed by atoms with van der Waals surface area (Å²) in [5.41, 5.74) is 3.62. The molecule has 0 bridgehead atoms. The fraction of sp³-hybridized carbons (Fsp3) is 0.267. The van der Waals surface area contributed by atoms with E-state index in [2.05, 4.69) is 27.0 Å². The Labute approximate surface area is 121 Å². The molecule has 0 aliphatic carbocycles. The third-order valence-corrected chi connectivity index (χ3v) is 3.42. The van der Waals surface area contributed by atoms with Gasteiger partial charge >= 0.3 is 5.97 Å². The monoisotopic (exact) mass is 321 g/mol. The van der Waals surface area contributed by atoms with Crippen LogP contribution in [0.5, 0.6) is 0 Å². The van der Waals surface area contributed by atoms with E-state index < -0.39 is 0 Å². The van der Waals surface area contributed by atoms with Crippen molar-refractivity contribution in [2.24, 2.45) is 0 Å². The molecule has 0 radical (unpaired) electrons. The molecule has 100 valence electrons. The Morgan fingerprint density at radius 3 is 2.89 bits per heavy atom. The first-order valence-corrected chi connectivity index (χ1v) is 6.99. The Balaban J connectivity index is 2.28. The fourth-order valence-electron chi connectivity index (χ4n) is 2.07. The number of aromatic amines is 1. The molecular formula is C15H16BrNO2. The Kier molecular flexibility index (Phi) is 4.43. The van der Waals surface area contributed by atoms with Crippen molar-refractivity contribution < 1.29 is 9.53 Å². The lowest BCUT2D eigenvalue weighted by atomic mass is 10.0. The first kappa shape index (κ1) is 13.9. The smallest absolute Gasteiger partial charge is 0.340 e. The zero-order chi connectivity index (χ0) is 13.8. The van der Waals surface area contributed by atoms with Crippen molar-refractivity contribution in [3.8, 4) is 0 Å². The van der Waals surface area contributed by atoms with Gasteiger partial charge in [-0.15, -0.1) is 0 Å². The zero-order valence-corrected chi connectivity index (χ0v) is 12.6. The van der Waals surface area contributed by atoms with Gasteiger partial charge in [-0.3, -0.25) is 0 Å². The second kappa shape index (κ2) is 6.06. The van der Waals surface area contributed by atoms with Gasteiger partial charge < -0.3 is 9.72 Å². The van der Waals surface area contributed by atoms with Crippen LogP contribution in [0.1, 0.15) is 34.1 Å². The fourth-order valence-corrected chi connectivity index (χ4v) is 2.52. The normalized spacial score (nSPS) is 10.5. The van der Waals surface area contributed by atoms with Crippen molar-refractivity contribution >= 4 is 21.9 Å². The number of rotatable bonds is 4. The van der Waals surface area contributed by atoms with Gasteiger partial charge in [0.25, 0.3) is 0 Å². The summed E-state index contributed by atoms with van der Waals surface area (Å²) in [5, 5.41) is 0. The first-order valence-electron chi connectivity index (χ1n) is 6.20. The lowest BCUT2D eigenvalue weighted by Crippen LogP contribution is -2.08. The highest BCUT2D eigenvalue weighted by Crippen LogP contribution is 2.20. The molecule has 2 rings (SSSR count). The highest BCUT2D eigenvalue weighted by atomic mass is 79.9. The third-order valence-electron chi connectivity index (χ3n) is 2.92. The van der Waals surface area contributed by atoms with Crippen molar-refractivity contribution in [2.75, 3.05) is 6.61 Å². The Bertz CT molecular complexity index is 590. The van der Waals surface area contributed by atoms with Crippen LogP contribution < -0.4 is 0 Å². The Morgan fingerprint density at radius 1 is 1.42 bits per heavy atom. The molecule has 1 aromatic heterocycles. The van der Waals surface area contributed by atoms with Crippen molar-refractivity contribution in [1.29, 1.82) is 0 Å². The minimum atomic E-state index is -0.258. The quantitative estimate of drug-likeness (QED) is 0.869. The number of carbonyl (C=O) groups is 1. The average Bonchev–Trinajstić information content (AvgIpc) is 2.71. The summed E-state index contributed by atoms with van der Waals surface area (Å²) >= 11 is 3.45. The summed E-state index contributed by atoms with van der Waals surface area (Å²) < 4.78 is 6.14. The molecule has 4 heteroatoms. The van der Waals surface area contributed by atoms with Crippen LogP contribution in [0.2, 0.25) is 0 Å². The van der Waals surface area contributed by atoms with Gasteiger partial charge in [-0.1, -0.05) is 28.1 Å². The molecule has 3 nitrogen and oxygen atoms in total. The van der Waals surface area contributed by atoms with Crippen LogP contribution in [-0.4, -0.2) is 17.6 Å². The van der Waals surface area contributed by atoms with E-state index in [1.165, 1.54) is 0 Å². The number of H-pyrrole nitrogens is 1. The topological polar surface area (TPSA) is 42.1 Å². The lowest BCUT2D eigenvalue weighted by molar-refractivity contribution is 0.0524. The maximum absolute atomic E-state index is 12.0. The standard InChI is InChI=1S/C15H16BrNO2/c1-3-19-15(18)14-10(2)17-9-12(14)7-11-5-4-6-13(16)8-11/h4-6,8-9,17H,3,7H2,1-2H3. The highest BCUT2D eigenvalue weighted by molar-refractivity contribution is 9.10. The van der Waals surface area contributed by atoms with Gasteiger partial charge in [0.05, 0.1) is 12.2 Å². The van der Waals surface area contributed by atoms with Crippen LogP contribution in [-0.2, 0) is 11.2 Å². The number of esters is 1. The predicted molar refractivity (Wildman–Crippen MR) is 78.4 cm³/mol. The van der Waals surface area contributed by atoms with Crippen molar-refractivity contribution in [3.05, 3.63) is 57.3 Å². The van der Waals surface area contributed by atoms with Gasteiger partial charge in [0.1, 0.15) is 0 Å². The van der Waals surface area contributed by atoms with E-state index in [-0.39, 0.29) is 5.97 Å². The van der Waals surface area contributed by atoms with Crippen LogP contribution in [0.4, 0.5) is 0 Å². The van der Waals surface area contributed by atoms with E-state index in [1.807, 2.05) is 38.2 Å². The Hall–Kier alpha value is -1.55. The molecule has 1 N–H and O–H groups in total. The Morgan fingerprint density at radius 2 is 2.21 bits per heavy atom. The molecule has 0 aliphatic heterocycles. The molecule has 0 saturated heterocycles. The molecule has 1 aromatic carbocycles. The lowest BCUT2D eigenvalue weighted by Gasteiger charge is -2.06. The number of hydrogen-bond acceptors (Lipinski definition) is 2. The number of nitrogens with one attached hydrogen (secondary N) is 1. The summed E-state index contributed by atoms with van der Waals surface area (Å²) in [6.07, 6.45) is 2.58. The summed E-state index contributed by atoms with van der Waals surface area (Å²) in [5.74, 6) is -0.258. The maximum Gasteiger partial charge on any atom is 0.340 e. The molecule has 0 amide bonds. The van der Waals surface area contributed by atoms with Gasteiger partial charge in [0.2, 0.25) is 0 Å². The van der Waals surface area contributed by atoms with E-state index in [1.54, 1.807) is 0 Å². The van der Waals surface area contributed by atoms with Gasteiger partial charge in [-0.25, -0.2) is 4.79 Å². The molecule has 0 atom stereocenters. The number of halogens is 1. The second-order valence-electron chi connectivity index (χ2n) is 4.34. The second-order valence-corrected chi connectivity index (χ2v) is 5.26. The third kappa shape index (κ3) is 3.26. The minimum Gasteiger partial charge on any atom is -0.462 e. The largest absolute Gasteiger partial charge is 0.462 e. The van der Waals surface area contributed by atoms with Gasteiger partial charge in [0.15, 0.2) is 0 Å². The molecule has 2 aromatic rings. The van der Waals surface area contributed by atoms with E-state index in [9.17, 15) is 4.79 Å². The molecule has 1 heterocycles. The summed E-state index contributed by atoms with van der Waals surface area (Å²) in [4.78, 5) is 15.1. The molecule has 0 unspecified atom stereocenters. The van der Waals surface area contributed by atoms with Crippen LogP contribution in [0.25, 0.3) is 0 Å².